The number of anilines is 1. The van der Waals surface area contributed by atoms with Crippen molar-refractivity contribution in [3.8, 4) is 5.75 Å². The van der Waals surface area contributed by atoms with Crippen LogP contribution in [-0.4, -0.2) is 15.0 Å². The molecule has 0 saturated heterocycles. The van der Waals surface area contributed by atoms with Crippen LogP contribution in [0.25, 0.3) is 11.0 Å². The molecular weight excluding hydrogens is 297 g/mol. The third-order valence-corrected chi connectivity index (χ3v) is 2.95. The van der Waals surface area contributed by atoms with Gasteiger partial charge in [0.25, 0.3) is 0 Å². The molecule has 0 aliphatic carbocycles. The number of fused-ring (bicyclic) bond motifs is 1. The highest BCUT2D eigenvalue weighted by Gasteiger charge is 2.32. The Hall–Kier alpha value is -2.77. The Balaban J connectivity index is 1.76. The molecule has 2 aromatic heterocycles. The summed E-state index contributed by atoms with van der Waals surface area (Å²) in [7, 11) is 0. The molecule has 0 saturated carbocycles. The number of hydrogen-bond donors (Lipinski definition) is 2. The Morgan fingerprint density at radius 3 is 2.77 bits per heavy atom. The fraction of sp³-hybridized carbons (Fsp3) is 0.143. The lowest BCUT2D eigenvalue weighted by atomic mass is 10.3. The van der Waals surface area contributed by atoms with Gasteiger partial charge in [0.05, 0.1) is 11.0 Å². The Labute approximate surface area is 122 Å². The molecule has 0 atom stereocenters. The maximum absolute atomic E-state index is 12.6. The van der Waals surface area contributed by atoms with E-state index in [4.69, 9.17) is 10.5 Å². The molecule has 8 heteroatoms. The number of H-pyrrole nitrogens is 1. The van der Waals surface area contributed by atoms with E-state index in [1.54, 1.807) is 18.2 Å². The summed E-state index contributed by atoms with van der Waals surface area (Å²) < 4.78 is 43.0. The van der Waals surface area contributed by atoms with Crippen molar-refractivity contribution in [3.63, 3.8) is 0 Å². The second-order valence-electron chi connectivity index (χ2n) is 4.62. The van der Waals surface area contributed by atoms with Gasteiger partial charge < -0.3 is 15.5 Å². The summed E-state index contributed by atoms with van der Waals surface area (Å²) in [5, 5.41) is 0. The Morgan fingerprint density at radius 2 is 2.00 bits per heavy atom. The molecule has 2 heterocycles. The molecule has 0 spiro atoms. The van der Waals surface area contributed by atoms with Gasteiger partial charge in [-0.1, -0.05) is 0 Å². The molecule has 3 aromatic rings. The molecule has 0 bridgehead atoms. The van der Waals surface area contributed by atoms with E-state index in [9.17, 15) is 13.2 Å². The van der Waals surface area contributed by atoms with Crippen LogP contribution in [0.1, 0.15) is 11.5 Å². The summed E-state index contributed by atoms with van der Waals surface area (Å²) in [5.41, 5.74) is 6.69. The van der Waals surface area contributed by atoms with Crippen LogP contribution in [0.5, 0.6) is 5.75 Å². The molecular formula is C14H11F3N4O. The van der Waals surface area contributed by atoms with Crippen molar-refractivity contribution in [1.82, 2.24) is 15.0 Å². The molecule has 3 N–H and O–H groups in total. The first kappa shape index (κ1) is 14.2. The van der Waals surface area contributed by atoms with E-state index >= 15 is 0 Å². The normalized spacial score (nSPS) is 11.8. The van der Waals surface area contributed by atoms with Gasteiger partial charge in [-0.3, -0.25) is 4.98 Å². The molecule has 1 aromatic carbocycles. The van der Waals surface area contributed by atoms with Crippen LogP contribution >= 0.6 is 0 Å². The van der Waals surface area contributed by atoms with Crippen molar-refractivity contribution in [1.29, 1.82) is 0 Å². The Morgan fingerprint density at radius 1 is 1.18 bits per heavy atom. The third-order valence-electron chi connectivity index (χ3n) is 2.95. The number of pyridine rings is 1. The molecule has 3 rings (SSSR count). The van der Waals surface area contributed by atoms with Gasteiger partial charge in [-0.2, -0.15) is 13.2 Å². The highest BCUT2D eigenvalue weighted by atomic mass is 19.4. The molecule has 0 amide bonds. The lowest BCUT2D eigenvalue weighted by Gasteiger charge is -2.08. The molecule has 22 heavy (non-hydrogen) atoms. The summed E-state index contributed by atoms with van der Waals surface area (Å²) in [6.45, 7) is 0.00982. The molecule has 0 radical (unpaired) electrons. The van der Waals surface area contributed by atoms with E-state index < -0.39 is 11.9 Å². The van der Waals surface area contributed by atoms with Crippen LogP contribution in [0.2, 0.25) is 0 Å². The number of nitrogens with two attached hydrogens (primary N) is 1. The van der Waals surface area contributed by atoms with E-state index in [0.717, 1.165) is 17.8 Å². The number of ether oxygens (including phenoxy) is 1. The summed E-state index contributed by atoms with van der Waals surface area (Å²) >= 11 is 0. The number of halogens is 3. The van der Waals surface area contributed by atoms with Crippen LogP contribution < -0.4 is 10.5 Å². The quantitative estimate of drug-likeness (QED) is 0.729. The fourth-order valence-electron chi connectivity index (χ4n) is 1.95. The van der Waals surface area contributed by atoms with Crippen molar-refractivity contribution in [2.75, 3.05) is 5.73 Å². The Bertz CT molecular complexity index is 813. The summed E-state index contributed by atoms with van der Waals surface area (Å²) in [5.74, 6) is 0.563. The minimum atomic E-state index is -4.50. The maximum Gasteiger partial charge on any atom is 0.433 e. The lowest BCUT2D eigenvalue weighted by molar-refractivity contribution is -0.141. The SMILES string of the molecule is Nc1ccc2[nH]c(COc3ccnc(C(F)(F)F)c3)nc2c1. The van der Waals surface area contributed by atoms with Crippen LogP contribution in [0.3, 0.4) is 0 Å². The van der Waals surface area contributed by atoms with Gasteiger partial charge in [-0.15, -0.1) is 0 Å². The van der Waals surface area contributed by atoms with Gasteiger partial charge in [0.15, 0.2) is 0 Å². The standard InChI is InChI=1S/C14H11F3N4O/c15-14(16,17)12-6-9(3-4-19-12)22-7-13-20-10-2-1-8(18)5-11(10)21-13/h1-6H,7,18H2,(H,20,21). The second kappa shape index (κ2) is 5.21. The van der Waals surface area contributed by atoms with Crippen LogP contribution in [0.4, 0.5) is 18.9 Å². The van der Waals surface area contributed by atoms with Crippen molar-refractivity contribution < 1.29 is 17.9 Å². The first-order chi connectivity index (χ1) is 10.4. The van der Waals surface area contributed by atoms with Crippen molar-refractivity contribution in [2.24, 2.45) is 0 Å². The summed E-state index contributed by atoms with van der Waals surface area (Å²) in [6, 6.07) is 7.40. The zero-order valence-electron chi connectivity index (χ0n) is 11.2. The highest BCUT2D eigenvalue weighted by molar-refractivity contribution is 5.78. The topological polar surface area (TPSA) is 76.8 Å². The number of alkyl halides is 3. The fourth-order valence-corrected chi connectivity index (χ4v) is 1.95. The number of hydrogen-bond acceptors (Lipinski definition) is 4. The summed E-state index contributed by atoms with van der Waals surface area (Å²) in [4.78, 5) is 10.5. The molecule has 0 aliphatic rings. The van der Waals surface area contributed by atoms with Gasteiger partial charge in [-0.25, -0.2) is 4.98 Å². The number of aromatic amines is 1. The van der Waals surface area contributed by atoms with Gasteiger partial charge in [0, 0.05) is 18.0 Å². The van der Waals surface area contributed by atoms with E-state index in [0.29, 0.717) is 17.0 Å². The smallest absolute Gasteiger partial charge is 0.433 e. The van der Waals surface area contributed by atoms with E-state index in [2.05, 4.69) is 15.0 Å². The molecule has 5 nitrogen and oxygen atoms in total. The highest BCUT2D eigenvalue weighted by Crippen LogP contribution is 2.29. The molecule has 0 unspecified atom stereocenters. The summed E-state index contributed by atoms with van der Waals surface area (Å²) in [6.07, 6.45) is -3.45. The minimum Gasteiger partial charge on any atom is -0.486 e. The minimum absolute atomic E-state index is 0.00982. The molecule has 0 fully saturated rings. The number of nitrogens with zero attached hydrogens (tertiary/aromatic N) is 2. The predicted molar refractivity (Wildman–Crippen MR) is 74.1 cm³/mol. The number of benzene rings is 1. The zero-order valence-corrected chi connectivity index (χ0v) is 11.2. The van der Waals surface area contributed by atoms with Gasteiger partial charge in [0.1, 0.15) is 23.9 Å². The second-order valence-corrected chi connectivity index (χ2v) is 4.62. The number of nitrogen functional groups attached to an aromatic ring is 1. The van der Waals surface area contributed by atoms with Crippen LogP contribution in [-0.2, 0) is 12.8 Å². The Kier molecular flexibility index (Phi) is 3.36. The van der Waals surface area contributed by atoms with E-state index in [1.807, 2.05) is 0 Å². The van der Waals surface area contributed by atoms with Crippen molar-refractivity contribution in [3.05, 3.63) is 48.0 Å². The van der Waals surface area contributed by atoms with Crippen molar-refractivity contribution in [2.45, 2.75) is 12.8 Å². The van der Waals surface area contributed by atoms with Crippen LogP contribution in [0, 0.1) is 0 Å². The molecule has 114 valence electrons. The maximum atomic E-state index is 12.6. The molecule has 0 aliphatic heterocycles. The van der Waals surface area contributed by atoms with Gasteiger partial charge >= 0.3 is 6.18 Å². The predicted octanol–water partition coefficient (Wildman–Crippen LogP) is 3.14. The van der Waals surface area contributed by atoms with Gasteiger partial charge in [-0.05, 0) is 24.3 Å². The van der Waals surface area contributed by atoms with E-state index in [1.165, 1.54) is 6.07 Å². The van der Waals surface area contributed by atoms with E-state index in [-0.39, 0.29) is 12.4 Å². The zero-order chi connectivity index (χ0) is 15.7. The third kappa shape index (κ3) is 2.95. The van der Waals surface area contributed by atoms with Gasteiger partial charge in [0.2, 0.25) is 0 Å². The first-order valence-electron chi connectivity index (χ1n) is 6.32. The number of nitrogens with one attached hydrogen (secondary N) is 1. The van der Waals surface area contributed by atoms with Crippen molar-refractivity contribution >= 4 is 16.7 Å². The number of imidazole rings is 1. The number of rotatable bonds is 3. The average molecular weight is 308 g/mol. The average Bonchev–Trinajstić information content (AvgIpc) is 2.86. The first-order valence-corrected chi connectivity index (χ1v) is 6.32. The van der Waals surface area contributed by atoms with Crippen LogP contribution in [0.15, 0.2) is 36.5 Å². The monoisotopic (exact) mass is 308 g/mol. The lowest BCUT2D eigenvalue weighted by Crippen LogP contribution is -2.08. The largest absolute Gasteiger partial charge is 0.486 e. The number of aromatic nitrogens is 3.